The van der Waals surface area contributed by atoms with Crippen LogP contribution in [0.2, 0.25) is 0 Å². The third-order valence-electron chi connectivity index (χ3n) is 2.47. The number of rotatable bonds is 8. The molecule has 0 rings (SSSR count). The second-order valence-corrected chi connectivity index (χ2v) is 3.52. The molecule has 6 nitrogen and oxygen atoms in total. The zero-order valence-electron chi connectivity index (χ0n) is 10.8. The summed E-state index contributed by atoms with van der Waals surface area (Å²) in [6.45, 7) is 5.85. The molecule has 0 amide bonds. The second kappa shape index (κ2) is 12.7. The number of nitrogens with two attached hydrogens (primary N) is 2. The number of guanidine groups is 1. The molecule has 0 radical (unpaired) electrons. The number of halogens is 2. The highest BCUT2D eigenvalue weighted by molar-refractivity contribution is 5.85. The van der Waals surface area contributed by atoms with Gasteiger partial charge in [0.25, 0.3) is 0 Å². The molecule has 0 aromatic carbocycles. The molecular formula is C10H24Cl2N4O2. The van der Waals surface area contributed by atoms with Crippen molar-refractivity contribution in [2.75, 3.05) is 19.6 Å². The Hall–Kier alpha value is -0.720. The van der Waals surface area contributed by atoms with Gasteiger partial charge in [-0.1, -0.05) is 13.8 Å². The summed E-state index contributed by atoms with van der Waals surface area (Å²) in [7, 11) is 0. The lowest BCUT2D eigenvalue weighted by Gasteiger charge is -2.25. The van der Waals surface area contributed by atoms with E-state index >= 15 is 0 Å². The Bertz CT molecular complexity index is 244. The topological polar surface area (TPSA) is 105 Å². The summed E-state index contributed by atoms with van der Waals surface area (Å²) in [6, 6.07) is -0.441. The molecule has 1 atom stereocenters. The van der Waals surface area contributed by atoms with Crippen LogP contribution in [0.5, 0.6) is 0 Å². The maximum atomic E-state index is 11.1. The van der Waals surface area contributed by atoms with E-state index in [4.69, 9.17) is 16.6 Å². The molecule has 0 bridgehead atoms. The minimum atomic E-state index is -0.784. The number of likely N-dealkylation sites (N-methyl/N-ethyl adjacent to an activating group) is 1. The zero-order chi connectivity index (χ0) is 12.6. The summed E-state index contributed by atoms with van der Waals surface area (Å²) in [5, 5.41) is 9.09. The molecule has 18 heavy (non-hydrogen) atoms. The fourth-order valence-corrected chi connectivity index (χ4v) is 1.62. The highest BCUT2D eigenvalue weighted by Gasteiger charge is 2.22. The molecular weight excluding hydrogens is 279 g/mol. The van der Waals surface area contributed by atoms with Gasteiger partial charge in [-0.2, -0.15) is 0 Å². The van der Waals surface area contributed by atoms with Crippen LogP contribution in [-0.2, 0) is 4.79 Å². The lowest BCUT2D eigenvalue weighted by atomic mass is 10.1. The van der Waals surface area contributed by atoms with E-state index in [2.05, 4.69) is 4.99 Å². The molecule has 0 aliphatic heterocycles. The van der Waals surface area contributed by atoms with Crippen molar-refractivity contribution >= 4 is 36.7 Å². The maximum absolute atomic E-state index is 11.1. The molecule has 0 saturated carbocycles. The highest BCUT2D eigenvalue weighted by atomic mass is 35.5. The monoisotopic (exact) mass is 302 g/mol. The van der Waals surface area contributed by atoms with Gasteiger partial charge in [0.2, 0.25) is 0 Å². The Labute approximate surface area is 121 Å². The molecule has 0 aliphatic rings. The predicted molar refractivity (Wildman–Crippen MR) is 78.8 cm³/mol. The van der Waals surface area contributed by atoms with Crippen molar-refractivity contribution in [3.05, 3.63) is 0 Å². The minimum Gasteiger partial charge on any atom is -0.480 e. The van der Waals surface area contributed by atoms with Gasteiger partial charge in [0, 0.05) is 6.54 Å². The number of carbonyl (C=O) groups is 1. The number of carboxylic acids is 1. The van der Waals surface area contributed by atoms with E-state index in [0.717, 1.165) is 13.1 Å². The van der Waals surface area contributed by atoms with Crippen LogP contribution in [0.25, 0.3) is 0 Å². The van der Waals surface area contributed by atoms with Gasteiger partial charge < -0.3 is 16.6 Å². The van der Waals surface area contributed by atoms with E-state index in [1.165, 1.54) is 0 Å². The summed E-state index contributed by atoms with van der Waals surface area (Å²) >= 11 is 0. The first-order chi connectivity index (χ1) is 7.52. The Balaban J connectivity index is -0.00000112. The van der Waals surface area contributed by atoms with Crippen LogP contribution in [0.3, 0.4) is 0 Å². The molecule has 0 aromatic rings. The predicted octanol–water partition coefficient (Wildman–Crippen LogP) is 0.679. The van der Waals surface area contributed by atoms with Crippen molar-refractivity contribution in [3.8, 4) is 0 Å². The van der Waals surface area contributed by atoms with Crippen LogP contribution in [0.1, 0.15) is 26.7 Å². The molecule has 8 heteroatoms. The Morgan fingerprint density at radius 2 is 1.78 bits per heavy atom. The first-order valence-corrected chi connectivity index (χ1v) is 5.55. The normalized spacial score (nSPS) is 11.1. The molecule has 5 N–H and O–H groups in total. The largest absolute Gasteiger partial charge is 0.480 e. The summed E-state index contributed by atoms with van der Waals surface area (Å²) in [4.78, 5) is 16.8. The Kier molecular flexibility index (Phi) is 15.9. The first kappa shape index (κ1) is 22.5. The summed E-state index contributed by atoms with van der Waals surface area (Å²) in [5.74, 6) is -0.733. The van der Waals surface area contributed by atoms with Crippen LogP contribution in [0.15, 0.2) is 4.99 Å². The lowest BCUT2D eigenvalue weighted by molar-refractivity contribution is -0.143. The van der Waals surface area contributed by atoms with Gasteiger partial charge in [-0.3, -0.25) is 14.7 Å². The van der Waals surface area contributed by atoms with Gasteiger partial charge in [0.15, 0.2) is 5.96 Å². The molecule has 1 unspecified atom stereocenters. The van der Waals surface area contributed by atoms with Crippen LogP contribution < -0.4 is 11.5 Å². The summed E-state index contributed by atoms with van der Waals surface area (Å²) in [6.07, 6.45) is 1.24. The van der Waals surface area contributed by atoms with Crippen molar-refractivity contribution in [3.63, 3.8) is 0 Å². The van der Waals surface area contributed by atoms with Crippen molar-refractivity contribution in [1.29, 1.82) is 0 Å². The molecule has 0 aromatic heterocycles. The molecule has 0 heterocycles. The minimum absolute atomic E-state index is 0. The molecule has 110 valence electrons. The fraction of sp³-hybridized carbons (Fsp3) is 0.800. The van der Waals surface area contributed by atoms with Crippen molar-refractivity contribution in [2.24, 2.45) is 16.5 Å². The van der Waals surface area contributed by atoms with E-state index in [1.54, 1.807) is 0 Å². The maximum Gasteiger partial charge on any atom is 0.320 e. The molecule has 0 spiro atoms. The van der Waals surface area contributed by atoms with Gasteiger partial charge >= 0.3 is 5.97 Å². The number of nitrogens with zero attached hydrogens (tertiary/aromatic N) is 2. The lowest BCUT2D eigenvalue weighted by Crippen LogP contribution is -2.41. The van der Waals surface area contributed by atoms with Crippen LogP contribution >= 0.6 is 24.8 Å². The van der Waals surface area contributed by atoms with Gasteiger partial charge in [0.05, 0.1) is 0 Å². The number of aliphatic imine (C=N–C) groups is 1. The van der Waals surface area contributed by atoms with Crippen molar-refractivity contribution < 1.29 is 9.90 Å². The van der Waals surface area contributed by atoms with Crippen molar-refractivity contribution in [2.45, 2.75) is 32.7 Å². The molecule has 0 saturated heterocycles. The number of aliphatic carboxylic acids is 1. The van der Waals surface area contributed by atoms with Gasteiger partial charge in [0.1, 0.15) is 6.04 Å². The standard InChI is InChI=1S/C10H22N4O2.2ClH/c1-3-14(4-2)8(9(15)16)6-5-7-13-10(11)12;;/h8H,3-7H2,1-2H3,(H,15,16)(H4,11,12,13);2*1H. The average molecular weight is 303 g/mol. The highest BCUT2D eigenvalue weighted by Crippen LogP contribution is 2.07. The summed E-state index contributed by atoms with van der Waals surface area (Å²) < 4.78 is 0. The third kappa shape index (κ3) is 9.32. The SMILES string of the molecule is CCN(CC)C(CCCN=C(N)N)C(=O)O.Cl.Cl. The third-order valence-corrected chi connectivity index (χ3v) is 2.47. The smallest absolute Gasteiger partial charge is 0.320 e. The number of hydrogen-bond donors (Lipinski definition) is 3. The second-order valence-electron chi connectivity index (χ2n) is 3.52. The number of hydrogen-bond acceptors (Lipinski definition) is 3. The van der Waals surface area contributed by atoms with E-state index in [-0.39, 0.29) is 30.8 Å². The Morgan fingerprint density at radius 3 is 2.11 bits per heavy atom. The van der Waals surface area contributed by atoms with Gasteiger partial charge in [-0.25, -0.2) is 0 Å². The van der Waals surface area contributed by atoms with E-state index in [9.17, 15) is 4.79 Å². The molecule has 0 aliphatic carbocycles. The van der Waals surface area contributed by atoms with Crippen molar-refractivity contribution in [1.82, 2.24) is 4.90 Å². The first-order valence-electron chi connectivity index (χ1n) is 5.55. The van der Waals surface area contributed by atoms with Crippen LogP contribution in [-0.4, -0.2) is 47.6 Å². The van der Waals surface area contributed by atoms with Gasteiger partial charge in [-0.15, -0.1) is 24.8 Å². The van der Waals surface area contributed by atoms with E-state index < -0.39 is 12.0 Å². The zero-order valence-corrected chi connectivity index (χ0v) is 12.5. The van der Waals surface area contributed by atoms with E-state index in [0.29, 0.717) is 19.4 Å². The summed E-state index contributed by atoms with van der Waals surface area (Å²) in [5.41, 5.74) is 10.4. The van der Waals surface area contributed by atoms with E-state index in [1.807, 2.05) is 18.7 Å². The van der Waals surface area contributed by atoms with Crippen LogP contribution in [0.4, 0.5) is 0 Å². The Morgan fingerprint density at radius 1 is 1.28 bits per heavy atom. The van der Waals surface area contributed by atoms with Gasteiger partial charge in [-0.05, 0) is 25.9 Å². The average Bonchev–Trinajstić information content (AvgIpc) is 2.22. The molecule has 0 fully saturated rings. The quantitative estimate of drug-likeness (QED) is 0.347. The van der Waals surface area contributed by atoms with Crippen LogP contribution in [0, 0.1) is 0 Å². The fourth-order valence-electron chi connectivity index (χ4n) is 1.62. The number of carboxylic acid groups (broad SMARTS) is 1.